The van der Waals surface area contributed by atoms with Crippen molar-refractivity contribution >= 4 is 23.2 Å². The Morgan fingerprint density at radius 1 is 1.39 bits per heavy atom. The molecule has 1 aliphatic heterocycles. The fourth-order valence-electron chi connectivity index (χ4n) is 2.26. The van der Waals surface area contributed by atoms with Gasteiger partial charge in [0.05, 0.1) is 22.8 Å². The molecule has 0 aliphatic carbocycles. The highest BCUT2D eigenvalue weighted by atomic mass is 35.5. The van der Waals surface area contributed by atoms with Crippen molar-refractivity contribution in [3.63, 3.8) is 0 Å². The number of halogens is 2. The second-order valence-corrected chi connectivity index (χ2v) is 5.49. The summed E-state index contributed by atoms with van der Waals surface area (Å²) in [5, 5.41) is 11.3. The van der Waals surface area contributed by atoms with Crippen molar-refractivity contribution in [1.82, 2.24) is 0 Å². The van der Waals surface area contributed by atoms with Gasteiger partial charge in [0, 0.05) is 18.2 Å². The molecule has 0 amide bonds. The minimum Gasteiger partial charge on any atom is -0.495 e. The van der Waals surface area contributed by atoms with Crippen LogP contribution in [0.15, 0.2) is 12.1 Å². The molecule has 0 saturated carbocycles. The number of benzene rings is 1. The van der Waals surface area contributed by atoms with Gasteiger partial charge in [0.15, 0.2) is 0 Å². The first kappa shape index (κ1) is 13.9. The van der Waals surface area contributed by atoms with Gasteiger partial charge < -0.3 is 14.6 Å². The first-order chi connectivity index (χ1) is 8.48. The van der Waals surface area contributed by atoms with Crippen molar-refractivity contribution < 1.29 is 14.6 Å². The van der Waals surface area contributed by atoms with Gasteiger partial charge in [-0.1, -0.05) is 23.2 Å². The highest BCUT2D eigenvalue weighted by molar-refractivity contribution is 6.34. The van der Waals surface area contributed by atoms with Gasteiger partial charge in [-0.3, -0.25) is 0 Å². The van der Waals surface area contributed by atoms with Crippen molar-refractivity contribution in [3.8, 4) is 5.75 Å². The highest BCUT2D eigenvalue weighted by Crippen LogP contribution is 2.42. The lowest BCUT2D eigenvalue weighted by Gasteiger charge is -2.30. The quantitative estimate of drug-likeness (QED) is 0.924. The lowest BCUT2D eigenvalue weighted by Crippen LogP contribution is -2.32. The van der Waals surface area contributed by atoms with Gasteiger partial charge in [-0.05, 0) is 25.8 Å². The van der Waals surface area contributed by atoms with E-state index in [1.807, 2.05) is 6.92 Å². The first-order valence-corrected chi connectivity index (χ1v) is 6.58. The molecule has 1 aliphatic rings. The molecule has 2 rings (SSSR count). The molecule has 1 aromatic rings. The summed E-state index contributed by atoms with van der Waals surface area (Å²) in [6.45, 7) is 2.55. The number of methoxy groups -OCH3 is 1. The summed E-state index contributed by atoms with van der Waals surface area (Å²) >= 11 is 12.2. The van der Waals surface area contributed by atoms with E-state index in [9.17, 15) is 5.11 Å². The lowest BCUT2D eigenvalue weighted by molar-refractivity contribution is -0.0795. The van der Waals surface area contributed by atoms with Crippen molar-refractivity contribution in [2.75, 3.05) is 13.7 Å². The number of ether oxygens (including phenoxy) is 2. The van der Waals surface area contributed by atoms with Crippen LogP contribution in [0.5, 0.6) is 5.75 Å². The zero-order valence-electron chi connectivity index (χ0n) is 10.4. The molecule has 3 nitrogen and oxygen atoms in total. The fraction of sp³-hybridized carbons (Fsp3) is 0.538. The molecule has 18 heavy (non-hydrogen) atoms. The van der Waals surface area contributed by atoms with Crippen LogP contribution in [0.25, 0.3) is 0 Å². The third-order valence-corrected chi connectivity index (χ3v) is 4.02. The van der Waals surface area contributed by atoms with Crippen LogP contribution in [0, 0.1) is 0 Å². The maximum Gasteiger partial charge on any atom is 0.138 e. The van der Waals surface area contributed by atoms with Crippen molar-refractivity contribution in [3.05, 3.63) is 27.7 Å². The first-order valence-electron chi connectivity index (χ1n) is 5.83. The smallest absolute Gasteiger partial charge is 0.138 e. The molecule has 1 aromatic carbocycles. The Hall–Kier alpha value is -0.480. The molecule has 2 unspecified atom stereocenters. The van der Waals surface area contributed by atoms with E-state index >= 15 is 0 Å². The summed E-state index contributed by atoms with van der Waals surface area (Å²) in [5.41, 5.74) is -0.0199. The van der Waals surface area contributed by atoms with E-state index in [1.54, 1.807) is 12.1 Å². The van der Waals surface area contributed by atoms with Gasteiger partial charge >= 0.3 is 0 Å². The summed E-state index contributed by atoms with van der Waals surface area (Å²) in [4.78, 5) is 0. The number of hydrogen-bond donors (Lipinski definition) is 1. The number of aliphatic hydroxyl groups excluding tert-OH is 1. The molecule has 1 fully saturated rings. The maximum absolute atomic E-state index is 10.4. The summed E-state index contributed by atoms with van der Waals surface area (Å²) in [5.74, 6) is 0.495. The summed E-state index contributed by atoms with van der Waals surface area (Å²) in [6, 6.07) is 3.25. The van der Waals surface area contributed by atoms with Gasteiger partial charge in [-0.25, -0.2) is 0 Å². The molecule has 0 spiro atoms. The lowest BCUT2D eigenvalue weighted by atomic mass is 9.90. The summed E-state index contributed by atoms with van der Waals surface area (Å²) in [6.07, 6.45) is 0.944. The topological polar surface area (TPSA) is 38.7 Å². The predicted molar refractivity (Wildman–Crippen MR) is 71.6 cm³/mol. The summed E-state index contributed by atoms with van der Waals surface area (Å²) < 4.78 is 10.7. The molecule has 5 heteroatoms. The Morgan fingerprint density at radius 2 is 2.11 bits per heavy atom. The number of rotatable bonds is 3. The molecule has 2 atom stereocenters. The van der Waals surface area contributed by atoms with E-state index in [0.29, 0.717) is 28.0 Å². The molecular weight excluding hydrogens is 275 g/mol. The van der Waals surface area contributed by atoms with Crippen LogP contribution in [-0.2, 0) is 4.74 Å². The molecule has 1 N–H and O–H groups in total. The Kier molecular flexibility index (Phi) is 4.07. The third-order valence-electron chi connectivity index (χ3n) is 3.39. The van der Waals surface area contributed by atoms with E-state index in [-0.39, 0.29) is 0 Å². The van der Waals surface area contributed by atoms with Crippen LogP contribution < -0.4 is 4.74 Å². The molecular formula is C13H16Cl2O3. The minimum atomic E-state index is -0.795. The largest absolute Gasteiger partial charge is 0.495 e. The van der Waals surface area contributed by atoms with Crippen LogP contribution in [0.1, 0.15) is 31.4 Å². The molecule has 0 bridgehead atoms. The Balaban J connectivity index is 2.36. The van der Waals surface area contributed by atoms with Crippen molar-refractivity contribution in [2.24, 2.45) is 0 Å². The van der Waals surface area contributed by atoms with Gasteiger partial charge in [0.25, 0.3) is 0 Å². The van der Waals surface area contributed by atoms with E-state index in [4.69, 9.17) is 32.7 Å². The fourth-order valence-corrected chi connectivity index (χ4v) is 2.76. The Bertz CT molecular complexity index is 442. The monoisotopic (exact) mass is 290 g/mol. The maximum atomic E-state index is 10.4. The predicted octanol–water partition coefficient (Wildman–Crippen LogP) is 3.60. The van der Waals surface area contributed by atoms with Crippen LogP contribution in [0.2, 0.25) is 10.0 Å². The van der Waals surface area contributed by atoms with E-state index in [1.165, 1.54) is 7.11 Å². The number of hydrogen-bond acceptors (Lipinski definition) is 3. The molecule has 1 saturated heterocycles. The Labute approximate surface area is 117 Å². The van der Waals surface area contributed by atoms with Gasteiger partial charge in [-0.2, -0.15) is 0 Å². The van der Waals surface area contributed by atoms with Gasteiger partial charge in [0.1, 0.15) is 11.9 Å². The zero-order valence-corrected chi connectivity index (χ0v) is 11.9. The average Bonchev–Trinajstić information content (AvgIpc) is 2.79. The number of aliphatic hydroxyl groups is 1. The second-order valence-electron chi connectivity index (χ2n) is 4.68. The normalized spacial score (nSPS) is 25.2. The summed E-state index contributed by atoms with van der Waals surface area (Å²) in [7, 11) is 1.52. The Morgan fingerprint density at radius 3 is 2.67 bits per heavy atom. The van der Waals surface area contributed by atoms with Crippen LogP contribution in [-0.4, -0.2) is 24.4 Å². The van der Waals surface area contributed by atoms with Gasteiger partial charge in [-0.15, -0.1) is 0 Å². The average molecular weight is 291 g/mol. The van der Waals surface area contributed by atoms with Crippen molar-refractivity contribution in [1.29, 1.82) is 0 Å². The van der Waals surface area contributed by atoms with E-state index < -0.39 is 11.7 Å². The third kappa shape index (κ3) is 2.45. The van der Waals surface area contributed by atoms with Crippen LogP contribution >= 0.6 is 23.2 Å². The van der Waals surface area contributed by atoms with Gasteiger partial charge in [0.2, 0.25) is 0 Å². The minimum absolute atomic E-state index is 0.428. The van der Waals surface area contributed by atoms with E-state index in [2.05, 4.69) is 0 Å². The second kappa shape index (κ2) is 5.25. The van der Waals surface area contributed by atoms with Crippen LogP contribution in [0.4, 0.5) is 0 Å². The van der Waals surface area contributed by atoms with Crippen molar-refractivity contribution in [2.45, 2.75) is 31.5 Å². The zero-order chi connectivity index (χ0) is 13.3. The SMILES string of the molecule is COc1cc(Cl)c(C(O)C2(C)CCCO2)cc1Cl. The molecule has 100 valence electrons. The molecule has 0 aromatic heterocycles. The molecule has 1 heterocycles. The van der Waals surface area contributed by atoms with Crippen LogP contribution in [0.3, 0.4) is 0 Å². The highest BCUT2D eigenvalue weighted by Gasteiger charge is 2.39. The standard InChI is InChI=1S/C13H16Cl2O3/c1-13(4-3-5-18-13)12(16)8-6-10(15)11(17-2)7-9(8)14/h6-7,12,16H,3-5H2,1-2H3. The van der Waals surface area contributed by atoms with E-state index in [0.717, 1.165) is 12.8 Å². The molecule has 0 radical (unpaired) electrons.